The summed E-state index contributed by atoms with van der Waals surface area (Å²) in [6.07, 6.45) is 0. The summed E-state index contributed by atoms with van der Waals surface area (Å²) in [5, 5.41) is 4.62. The second kappa shape index (κ2) is 7.42. The Bertz CT molecular complexity index is 843. The van der Waals surface area contributed by atoms with E-state index in [-0.39, 0.29) is 5.91 Å². The number of rotatable bonds is 4. The Hall–Kier alpha value is -2.44. The minimum Gasteiger partial charge on any atom is -0.423 e. The van der Waals surface area contributed by atoms with Crippen LogP contribution in [0.1, 0.15) is 20.0 Å². The molecule has 0 unspecified atom stereocenters. The Morgan fingerprint density at radius 1 is 0.958 bits per heavy atom. The van der Waals surface area contributed by atoms with Gasteiger partial charge in [0.2, 0.25) is 0 Å². The van der Waals surface area contributed by atoms with Crippen LogP contribution in [0.3, 0.4) is 0 Å². The zero-order valence-electron chi connectivity index (χ0n) is 12.4. The van der Waals surface area contributed by atoms with E-state index < -0.39 is 5.97 Å². The molecule has 3 rings (SSSR count). The summed E-state index contributed by atoms with van der Waals surface area (Å²) in [7, 11) is 0. The Morgan fingerprint density at radius 3 is 2.29 bits per heavy atom. The third-order valence-electron chi connectivity index (χ3n) is 3.15. The van der Waals surface area contributed by atoms with Gasteiger partial charge in [-0.15, -0.1) is 11.3 Å². The van der Waals surface area contributed by atoms with Crippen LogP contribution in [-0.2, 0) is 0 Å². The number of carbonyl (C=O) groups is 2. The molecule has 24 heavy (non-hydrogen) atoms. The molecular formula is C18H12BrNO3S. The van der Waals surface area contributed by atoms with Gasteiger partial charge in [0.05, 0.1) is 10.4 Å². The van der Waals surface area contributed by atoms with Crippen molar-refractivity contribution in [1.82, 2.24) is 0 Å². The maximum absolute atomic E-state index is 12.1. The van der Waals surface area contributed by atoms with E-state index in [1.54, 1.807) is 54.6 Å². The van der Waals surface area contributed by atoms with E-state index in [1.165, 1.54) is 11.3 Å². The number of anilines is 1. The van der Waals surface area contributed by atoms with Crippen molar-refractivity contribution in [1.29, 1.82) is 0 Å². The van der Waals surface area contributed by atoms with Gasteiger partial charge in [-0.25, -0.2) is 4.79 Å². The first kappa shape index (κ1) is 16.4. The quantitative estimate of drug-likeness (QED) is 0.495. The van der Waals surface area contributed by atoms with Gasteiger partial charge in [-0.2, -0.15) is 0 Å². The van der Waals surface area contributed by atoms with E-state index in [4.69, 9.17) is 4.74 Å². The van der Waals surface area contributed by atoms with Crippen molar-refractivity contribution in [2.45, 2.75) is 0 Å². The highest BCUT2D eigenvalue weighted by Gasteiger charge is 2.10. The van der Waals surface area contributed by atoms with Crippen LogP contribution in [0.25, 0.3) is 0 Å². The third-order valence-corrected chi connectivity index (χ3v) is 4.54. The van der Waals surface area contributed by atoms with Crippen molar-refractivity contribution >= 4 is 44.8 Å². The molecule has 0 bridgehead atoms. The lowest BCUT2D eigenvalue weighted by molar-refractivity contribution is 0.0734. The molecule has 4 nitrogen and oxygen atoms in total. The molecule has 1 heterocycles. The summed E-state index contributed by atoms with van der Waals surface area (Å²) in [4.78, 5) is 24.7. The SMILES string of the molecule is O=C(Oc1ccc(Br)cc1)c1ccc(NC(=O)c2cccs2)cc1. The number of thiophene rings is 1. The normalized spacial score (nSPS) is 10.2. The van der Waals surface area contributed by atoms with E-state index in [2.05, 4.69) is 21.2 Å². The van der Waals surface area contributed by atoms with Gasteiger partial charge < -0.3 is 10.1 Å². The van der Waals surface area contributed by atoms with Gasteiger partial charge in [0.15, 0.2) is 0 Å². The van der Waals surface area contributed by atoms with Crippen LogP contribution in [0.15, 0.2) is 70.5 Å². The molecule has 120 valence electrons. The van der Waals surface area contributed by atoms with Gasteiger partial charge >= 0.3 is 5.97 Å². The molecule has 2 aromatic carbocycles. The summed E-state index contributed by atoms with van der Waals surface area (Å²) in [6.45, 7) is 0. The van der Waals surface area contributed by atoms with Crippen LogP contribution in [0.4, 0.5) is 5.69 Å². The first-order valence-electron chi connectivity index (χ1n) is 7.04. The van der Waals surface area contributed by atoms with E-state index in [9.17, 15) is 9.59 Å². The number of nitrogens with one attached hydrogen (secondary N) is 1. The Balaban J connectivity index is 1.64. The molecule has 1 aromatic heterocycles. The lowest BCUT2D eigenvalue weighted by Gasteiger charge is -2.06. The van der Waals surface area contributed by atoms with Crippen molar-refractivity contribution in [2.24, 2.45) is 0 Å². The molecular weight excluding hydrogens is 390 g/mol. The number of hydrogen-bond donors (Lipinski definition) is 1. The Labute approximate surface area is 151 Å². The molecule has 1 amide bonds. The summed E-state index contributed by atoms with van der Waals surface area (Å²) in [6, 6.07) is 17.2. The number of halogens is 1. The maximum Gasteiger partial charge on any atom is 0.343 e. The van der Waals surface area contributed by atoms with Gasteiger partial charge in [-0.3, -0.25) is 4.79 Å². The second-order valence-electron chi connectivity index (χ2n) is 4.85. The van der Waals surface area contributed by atoms with E-state index in [0.717, 1.165) is 4.47 Å². The van der Waals surface area contributed by atoms with Gasteiger partial charge in [-0.05, 0) is 60.0 Å². The molecule has 0 saturated carbocycles. The predicted molar refractivity (Wildman–Crippen MR) is 97.8 cm³/mol. The highest BCUT2D eigenvalue weighted by molar-refractivity contribution is 9.10. The first-order chi connectivity index (χ1) is 11.6. The topological polar surface area (TPSA) is 55.4 Å². The molecule has 1 N–H and O–H groups in total. The van der Waals surface area contributed by atoms with Crippen LogP contribution in [0, 0.1) is 0 Å². The van der Waals surface area contributed by atoms with Crippen LogP contribution in [-0.4, -0.2) is 11.9 Å². The minimum atomic E-state index is -0.451. The summed E-state index contributed by atoms with van der Waals surface area (Å²) in [5.41, 5.74) is 1.03. The number of benzene rings is 2. The van der Waals surface area contributed by atoms with Crippen molar-refractivity contribution in [3.05, 3.63) is 81.0 Å². The smallest absolute Gasteiger partial charge is 0.343 e. The van der Waals surface area contributed by atoms with Crippen molar-refractivity contribution in [2.75, 3.05) is 5.32 Å². The fraction of sp³-hybridized carbons (Fsp3) is 0. The summed E-state index contributed by atoms with van der Waals surface area (Å²) >= 11 is 4.70. The highest BCUT2D eigenvalue weighted by Crippen LogP contribution is 2.19. The predicted octanol–water partition coefficient (Wildman–Crippen LogP) is 4.98. The monoisotopic (exact) mass is 401 g/mol. The molecule has 0 aliphatic rings. The summed E-state index contributed by atoms with van der Waals surface area (Å²) in [5.74, 6) is -0.151. The lowest BCUT2D eigenvalue weighted by Crippen LogP contribution is -2.11. The zero-order valence-corrected chi connectivity index (χ0v) is 14.8. The molecule has 0 saturated heterocycles. The highest BCUT2D eigenvalue weighted by atomic mass is 79.9. The molecule has 0 radical (unpaired) electrons. The largest absolute Gasteiger partial charge is 0.423 e. The van der Waals surface area contributed by atoms with Crippen molar-refractivity contribution < 1.29 is 14.3 Å². The third kappa shape index (κ3) is 4.10. The number of ether oxygens (including phenoxy) is 1. The van der Waals surface area contributed by atoms with E-state index >= 15 is 0 Å². The zero-order chi connectivity index (χ0) is 16.9. The minimum absolute atomic E-state index is 0.171. The van der Waals surface area contributed by atoms with Crippen LogP contribution in [0.2, 0.25) is 0 Å². The Morgan fingerprint density at radius 2 is 1.67 bits per heavy atom. The molecule has 0 fully saturated rings. The van der Waals surface area contributed by atoms with Crippen molar-refractivity contribution in [3.63, 3.8) is 0 Å². The van der Waals surface area contributed by atoms with Gasteiger partial charge in [-0.1, -0.05) is 22.0 Å². The molecule has 6 heteroatoms. The first-order valence-corrected chi connectivity index (χ1v) is 8.72. The van der Waals surface area contributed by atoms with Gasteiger partial charge in [0.25, 0.3) is 5.91 Å². The van der Waals surface area contributed by atoms with Crippen molar-refractivity contribution in [3.8, 4) is 5.75 Å². The van der Waals surface area contributed by atoms with Crippen LogP contribution < -0.4 is 10.1 Å². The Kier molecular flexibility index (Phi) is 5.08. The summed E-state index contributed by atoms with van der Waals surface area (Å²) < 4.78 is 6.20. The molecule has 3 aromatic rings. The lowest BCUT2D eigenvalue weighted by atomic mass is 10.2. The number of esters is 1. The fourth-order valence-electron chi connectivity index (χ4n) is 1.96. The fourth-order valence-corrected chi connectivity index (χ4v) is 2.84. The van der Waals surface area contributed by atoms with Crippen LogP contribution in [0.5, 0.6) is 5.75 Å². The van der Waals surface area contributed by atoms with Crippen LogP contribution >= 0.6 is 27.3 Å². The average Bonchev–Trinajstić information content (AvgIpc) is 3.12. The van der Waals surface area contributed by atoms with Gasteiger partial charge in [0, 0.05) is 10.2 Å². The second-order valence-corrected chi connectivity index (χ2v) is 6.72. The number of hydrogen-bond acceptors (Lipinski definition) is 4. The van der Waals surface area contributed by atoms with E-state index in [1.807, 2.05) is 11.4 Å². The van der Waals surface area contributed by atoms with E-state index in [0.29, 0.717) is 21.9 Å². The van der Waals surface area contributed by atoms with Gasteiger partial charge in [0.1, 0.15) is 5.75 Å². The molecule has 0 aliphatic heterocycles. The molecule has 0 aliphatic carbocycles. The standard InChI is InChI=1S/C18H12BrNO3S/c19-13-5-9-15(10-6-13)23-18(22)12-3-7-14(8-4-12)20-17(21)16-2-1-11-24-16/h1-11H,(H,20,21). The molecule has 0 atom stereocenters. The molecule has 0 spiro atoms. The average molecular weight is 402 g/mol. The maximum atomic E-state index is 12.1. The number of carbonyl (C=O) groups excluding carboxylic acids is 2. The number of amides is 1.